The fraction of sp³-hybridized carbons (Fsp3) is 0.235. The Morgan fingerprint density at radius 3 is 2.76 bits per heavy atom. The molecule has 0 aliphatic rings. The van der Waals surface area contributed by atoms with E-state index in [9.17, 15) is 0 Å². The van der Waals surface area contributed by atoms with Crippen molar-refractivity contribution in [3.63, 3.8) is 0 Å². The van der Waals surface area contributed by atoms with Crippen LogP contribution in [-0.4, -0.2) is 16.7 Å². The molecule has 0 bridgehead atoms. The number of methoxy groups -OCH3 is 1. The Morgan fingerprint density at radius 1 is 1.14 bits per heavy atom. The first-order valence-corrected chi connectivity index (χ1v) is 7.01. The summed E-state index contributed by atoms with van der Waals surface area (Å²) in [5.41, 5.74) is 1.19. The van der Waals surface area contributed by atoms with Crippen molar-refractivity contribution in [2.75, 3.05) is 7.11 Å². The Bertz CT molecular complexity index is 749. The summed E-state index contributed by atoms with van der Waals surface area (Å²) < 4.78 is 7.53. The quantitative estimate of drug-likeness (QED) is 0.781. The molecule has 21 heavy (non-hydrogen) atoms. The zero-order valence-corrected chi connectivity index (χ0v) is 12.3. The highest BCUT2D eigenvalue weighted by Crippen LogP contribution is 2.27. The summed E-state index contributed by atoms with van der Waals surface area (Å²) in [5.74, 6) is 1.94. The molecule has 1 aromatic heterocycles. The number of hydrogen-bond acceptors (Lipinski definition) is 3. The minimum absolute atomic E-state index is 0.732. The fourth-order valence-corrected chi connectivity index (χ4v) is 2.56. The molecule has 0 unspecified atom stereocenters. The van der Waals surface area contributed by atoms with Crippen LogP contribution in [0.2, 0.25) is 0 Å². The molecule has 0 atom stereocenters. The standard InChI is InChI=1S/C17H19N3O/c1-20-10-9-19-17(20)12-18-11-15-14-6-4-3-5-13(14)7-8-16(15)21-2/h3-10,18H,11-12H2,1-2H3. The van der Waals surface area contributed by atoms with Crippen molar-refractivity contribution in [3.8, 4) is 5.75 Å². The molecular weight excluding hydrogens is 262 g/mol. The van der Waals surface area contributed by atoms with E-state index in [-0.39, 0.29) is 0 Å². The summed E-state index contributed by atoms with van der Waals surface area (Å²) in [4.78, 5) is 4.32. The molecule has 0 radical (unpaired) electrons. The Balaban J connectivity index is 1.83. The van der Waals surface area contributed by atoms with Gasteiger partial charge in [-0.15, -0.1) is 0 Å². The lowest BCUT2D eigenvalue weighted by Crippen LogP contribution is -2.16. The number of aromatic nitrogens is 2. The Hall–Kier alpha value is -2.33. The van der Waals surface area contributed by atoms with Gasteiger partial charge >= 0.3 is 0 Å². The molecule has 3 aromatic rings. The molecule has 0 saturated heterocycles. The predicted octanol–water partition coefficient (Wildman–Crippen LogP) is 2.87. The third-order valence-electron chi connectivity index (χ3n) is 3.72. The van der Waals surface area contributed by atoms with E-state index >= 15 is 0 Å². The van der Waals surface area contributed by atoms with Crippen molar-refractivity contribution in [2.24, 2.45) is 7.05 Å². The van der Waals surface area contributed by atoms with Crippen molar-refractivity contribution in [1.29, 1.82) is 0 Å². The topological polar surface area (TPSA) is 39.1 Å². The van der Waals surface area contributed by atoms with Gasteiger partial charge in [-0.3, -0.25) is 0 Å². The van der Waals surface area contributed by atoms with Gasteiger partial charge in [0.1, 0.15) is 11.6 Å². The van der Waals surface area contributed by atoms with Gasteiger partial charge in [0.25, 0.3) is 0 Å². The van der Waals surface area contributed by atoms with E-state index in [4.69, 9.17) is 4.74 Å². The number of ether oxygens (including phenoxy) is 1. The molecule has 0 aliphatic carbocycles. The minimum Gasteiger partial charge on any atom is -0.496 e. The molecule has 0 amide bonds. The van der Waals surface area contributed by atoms with E-state index in [0.29, 0.717) is 0 Å². The molecule has 4 heteroatoms. The fourth-order valence-electron chi connectivity index (χ4n) is 2.56. The van der Waals surface area contributed by atoms with Gasteiger partial charge in [-0.25, -0.2) is 4.98 Å². The number of aryl methyl sites for hydroxylation is 1. The molecule has 2 aromatic carbocycles. The average molecular weight is 281 g/mol. The van der Waals surface area contributed by atoms with E-state index < -0.39 is 0 Å². The maximum atomic E-state index is 5.50. The monoisotopic (exact) mass is 281 g/mol. The SMILES string of the molecule is COc1ccc2ccccc2c1CNCc1nccn1C. The van der Waals surface area contributed by atoms with E-state index in [1.165, 1.54) is 16.3 Å². The summed E-state index contributed by atoms with van der Waals surface area (Å²) in [7, 11) is 3.72. The van der Waals surface area contributed by atoms with Crippen LogP contribution in [0.15, 0.2) is 48.8 Å². The third kappa shape index (κ3) is 2.76. The van der Waals surface area contributed by atoms with Crippen LogP contribution in [0.4, 0.5) is 0 Å². The number of benzene rings is 2. The van der Waals surface area contributed by atoms with Crippen molar-refractivity contribution in [1.82, 2.24) is 14.9 Å². The van der Waals surface area contributed by atoms with Gasteiger partial charge in [0, 0.05) is 31.5 Å². The summed E-state index contributed by atoms with van der Waals surface area (Å²) in [6, 6.07) is 12.5. The van der Waals surface area contributed by atoms with Gasteiger partial charge in [0.15, 0.2) is 0 Å². The second kappa shape index (κ2) is 5.97. The normalized spacial score (nSPS) is 11.0. The smallest absolute Gasteiger partial charge is 0.123 e. The lowest BCUT2D eigenvalue weighted by atomic mass is 10.0. The largest absolute Gasteiger partial charge is 0.496 e. The lowest BCUT2D eigenvalue weighted by molar-refractivity contribution is 0.408. The first-order chi connectivity index (χ1) is 10.3. The van der Waals surface area contributed by atoms with Crippen LogP contribution in [0.5, 0.6) is 5.75 Å². The van der Waals surface area contributed by atoms with Crippen LogP contribution in [-0.2, 0) is 20.1 Å². The van der Waals surface area contributed by atoms with Crippen LogP contribution in [0.3, 0.4) is 0 Å². The van der Waals surface area contributed by atoms with Crippen molar-refractivity contribution >= 4 is 10.8 Å². The molecule has 108 valence electrons. The van der Waals surface area contributed by atoms with E-state index in [0.717, 1.165) is 24.7 Å². The maximum Gasteiger partial charge on any atom is 0.123 e. The van der Waals surface area contributed by atoms with Crippen LogP contribution < -0.4 is 10.1 Å². The zero-order valence-electron chi connectivity index (χ0n) is 12.3. The Morgan fingerprint density at radius 2 is 2.00 bits per heavy atom. The highest BCUT2D eigenvalue weighted by molar-refractivity contribution is 5.87. The molecular formula is C17H19N3O. The maximum absolute atomic E-state index is 5.50. The molecule has 1 N–H and O–H groups in total. The van der Waals surface area contributed by atoms with Crippen molar-refractivity contribution < 1.29 is 4.74 Å². The predicted molar refractivity (Wildman–Crippen MR) is 84.3 cm³/mol. The first-order valence-electron chi connectivity index (χ1n) is 7.01. The van der Waals surface area contributed by atoms with E-state index in [1.807, 2.05) is 30.1 Å². The van der Waals surface area contributed by atoms with Crippen LogP contribution in [0, 0.1) is 0 Å². The molecule has 0 aliphatic heterocycles. The number of nitrogens with zero attached hydrogens (tertiary/aromatic N) is 2. The van der Waals surface area contributed by atoms with Gasteiger partial charge < -0.3 is 14.6 Å². The highest BCUT2D eigenvalue weighted by atomic mass is 16.5. The number of fused-ring (bicyclic) bond motifs is 1. The van der Waals surface area contributed by atoms with Gasteiger partial charge in [-0.05, 0) is 16.8 Å². The number of imidazole rings is 1. The summed E-state index contributed by atoms with van der Waals surface area (Å²) in [5, 5.41) is 5.90. The molecule has 1 heterocycles. The van der Waals surface area contributed by atoms with Crippen LogP contribution in [0.1, 0.15) is 11.4 Å². The summed E-state index contributed by atoms with van der Waals surface area (Å²) in [6.45, 7) is 1.48. The molecule has 0 spiro atoms. The van der Waals surface area contributed by atoms with Gasteiger partial charge in [0.2, 0.25) is 0 Å². The van der Waals surface area contributed by atoms with Crippen molar-refractivity contribution in [2.45, 2.75) is 13.1 Å². The van der Waals surface area contributed by atoms with E-state index in [2.05, 4.69) is 40.6 Å². The van der Waals surface area contributed by atoms with Gasteiger partial charge in [0.05, 0.1) is 13.7 Å². The van der Waals surface area contributed by atoms with Gasteiger partial charge in [-0.1, -0.05) is 30.3 Å². The molecule has 0 fully saturated rings. The molecule has 4 nitrogen and oxygen atoms in total. The molecule has 0 saturated carbocycles. The van der Waals surface area contributed by atoms with Crippen LogP contribution >= 0.6 is 0 Å². The average Bonchev–Trinajstić information content (AvgIpc) is 2.93. The van der Waals surface area contributed by atoms with Gasteiger partial charge in [-0.2, -0.15) is 0 Å². The second-order valence-corrected chi connectivity index (χ2v) is 5.03. The Labute approximate surface area is 124 Å². The van der Waals surface area contributed by atoms with Crippen LogP contribution in [0.25, 0.3) is 10.8 Å². The summed E-state index contributed by atoms with van der Waals surface area (Å²) in [6.07, 6.45) is 3.77. The number of hydrogen-bond donors (Lipinski definition) is 1. The zero-order chi connectivity index (χ0) is 14.7. The van der Waals surface area contributed by atoms with Crippen molar-refractivity contribution in [3.05, 3.63) is 60.2 Å². The highest BCUT2D eigenvalue weighted by Gasteiger charge is 2.08. The second-order valence-electron chi connectivity index (χ2n) is 5.03. The number of rotatable bonds is 5. The molecule has 3 rings (SSSR count). The Kier molecular flexibility index (Phi) is 3.88. The minimum atomic E-state index is 0.732. The third-order valence-corrected chi connectivity index (χ3v) is 3.72. The van der Waals surface area contributed by atoms with E-state index in [1.54, 1.807) is 7.11 Å². The number of nitrogens with one attached hydrogen (secondary N) is 1. The first kappa shape index (κ1) is 13.6. The lowest BCUT2D eigenvalue weighted by Gasteiger charge is -2.13. The summed E-state index contributed by atoms with van der Waals surface area (Å²) >= 11 is 0.